The van der Waals surface area contributed by atoms with Gasteiger partial charge in [-0.25, -0.2) is 5.84 Å². The first-order valence-electron chi connectivity index (χ1n) is 6.35. The van der Waals surface area contributed by atoms with Gasteiger partial charge in [0.15, 0.2) is 0 Å². The molecular weight excluding hydrogens is 244 g/mol. The smallest absolute Gasteiger partial charge is 0.233 e. The van der Waals surface area contributed by atoms with Crippen molar-refractivity contribution < 1.29 is 4.79 Å². The van der Waals surface area contributed by atoms with E-state index < -0.39 is 0 Å². The molecule has 100 valence electrons. The van der Waals surface area contributed by atoms with Crippen LogP contribution < -0.4 is 11.3 Å². The normalized spacial score (nSPS) is 10.3. The van der Waals surface area contributed by atoms with E-state index in [9.17, 15) is 4.79 Å². The lowest BCUT2D eigenvalue weighted by molar-refractivity contribution is -0.121. The van der Waals surface area contributed by atoms with Crippen molar-refractivity contribution in [2.24, 2.45) is 5.84 Å². The maximum atomic E-state index is 10.9. The molecule has 1 aromatic rings. The summed E-state index contributed by atoms with van der Waals surface area (Å²) in [4.78, 5) is 10.9. The number of nitrogens with one attached hydrogen (secondary N) is 1. The van der Waals surface area contributed by atoms with Crippen molar-refractivity contribution in [3.63, 3.8) is 0 Å². The summed E-state index contributed by atoms with van der Waals surface area (Å²) >= 11 is 1.95. The molecule has 0 saturated heterocycles. The van der Waals surface area contributed by atoms with Crippen molar-refractivity contribution in [3.05, 3.63) is 35.4 Å². The third kappa shape index (κ3) is 6.67. The zero-order valence-corrected chi connectivity index (χ0v) is 11.8. The summed E-state index contributed by atoms with van der Waals surface area (Å²) in [6.45, 7) is 2.12. The average Bonchev–Trinajstić information content (AvgIpc) is 2.37. The Kier molecular flexibility index (Phi) is 7.53. The van der Waals surface area contributed by atoms with E-state index in [1.54, 1.807) is 0 Å². The van der Waals surface area contributed by atoms with Crippen molar-refractivity contribution in [1.82, 2.24) is 5.43 Å². The number of hydrogen-bond acceptors (Lipinski definition) is 3. The maximum Gasteiger partial charge on any atom is 0.233 e. The Morgan fingerprint density at radius 3 is 2.89 bits per heavy atom. The molecule has 18 heavy (non-hydrogen) atoms. The zero-order chi connectivity index (χ0) is 13.2. The summed E-state index contributed by atoms with van der Waals surface area (Å²) in [7, 11) is 0. The Balaban J connectivity index is 2.00. The molecule has 1 rings (SSSR count). The maximum absolute atomic E-state index is 10.9. The molecule has 0 radical (unpaired) electrons. The summed E-state index contributed by atoms with van der Waals surface area (Å²) in [5.41, 5.74) is 4.86. The predicted molar refractivity (Wildman–Crippen MR) is 78.1 cm³/mol. The van der Waals surface area contributed by atoms with Crippen LogP contribution in [0.5, 0.6) is 0 Å². The van der Waals surface area contributed by atoms with Crippen LogP contribution in [-0.2, 0) is 10.5 Å². The average molecular weight is 266 g/mol. The molecule has 1 amide bonds. The lowest BCUT2D eigenvalue weighted by atomic mass is 10.2. The summed E-state index contributed by atoms with van der Waals surface area (Å²) in [6.07, 6.45) is 3.72. The lowest BCUT2D eigenvalue weighted by Crippen LogP contribution is -2.29. The van der Waals surface area contributed by atoms with Crippen molar-refractivity contribution in [2.45, 2.75) is 38.4 Å². The third-order valence-electron chi connectivity index (χ3n) is 2.70. The molecule has 0 atom stereocenters. The largest absolute Gasteiger partial charge is 0.294 e. The second-order valence-electron chi connectivity index (χ2n) is 4.42. The minimum Gasteiger partial charge on any atom is -0.294 e. The van der Waals surface area contributed by atoms with Gasteiger partial charge in [-0.2, -0.15) is 11.8 Å². The Labute approximate surface area is 113 Å². The molecule has 0 saturated carbocycles. The van der Waals surface area contributed by atoms with Gasteiger partial charge in [0.05, 0.1) is 0 Å². The summed E-state index contributed by atoms with van der Waals surface area (Å²) in [6, 6.07) is 8.64. The lowest BCUT2D eigenvalue weighted by Gasteiger charge is -2.03. The zero-order valence-electron chi connectivity index (χ0n) is 10.9. The highest BCUT2D eigenvalue weighted by molar-refractivity contribution is 7.98. The van der Waals surface area contributed by atoms with Crippen molar-refractivity contribution in [2.75, 3.05) is 5.75 Å². The van der Waals surface area contributed by atoms with Crippen LogP contribution in [0.15, 0.2) is 24.3 Å². The fourth-order valence-corrected chi connectivity index (χ4v) is 2.70. The van der Waals surface area contributed by atoms with E-state index in [2.05, 4.69) is 36.6 Å². The van der Waals surface area contributed by atoms with Crippen LogP contribution in [0, 0.1) is 6.92 Å². The first-order valence-corrected chi connectivity index (χ1v) is 7.50. The van der Waals surface area contributed by atoms with Gasteiger partial charge < -0.3 is 0 Å². The molecular formula is C14H22N2OS. The first-order chi connectivity index (χ1) is 8.72. The van der Waals surface area contributed by atoms with E-state index in [-0.39, 0.29) is 5.91 Å². The van der Waals surface area contributed by atoms with Crippen LogP contribution in [0.4, 0.5) is 0 Å². The predicted octanol–water partition coefficient (Wildman–Crippen LogP) is 2.78. The van der Waals surface area contributed by atoms with E-state index in [0.717, 1.165) is 30.8 Å². The minimum atomic E-state index is -0.0672. The fraction of sp³-hybridized carbons (Fsp3) is 0.500. The van der Waals surface area contributed by atoms with Crippen molar-refractivity contribution in [3.8, 4) is 0 Å². The Hall–Kier alpha value is -1.00. The van der Waals surface area contributed by atoms with Gasteiger partial charge in [-0.15, -0.1) is 0 Å². The SMILES string of the molecule is Cc1cccc(CSCCCCCC(=O)NN)c1. The molecule has 0 aliphatic rings. The quantitative estimate of drug-likeness (QED) is 0.329. The molecule has 0 fully saturated rings. The van der Waals surface area contributed by atoms with Crippen molar-refractivity contribution >= 4 is 17.7 Å². The van der Waals surface area contributed by atoms with E-state index in [4.69, 9.17) is 5.84 Å². The molecule has 0 bridgehead atoms. The number of unbranched alkanes of at least 4 members (excludes halogenated alkanes) is 2. The Morgan fingerprint density at radius 1 is 1.33 bits per heavy atom. The molecule has 0 aliphatic carbocycles. The number of nitrogens with two attached hydrogens (primary N) is 1. The van der Waals surface area contributed by atoms with Gasteiger partial charge in [0, 0.05) is 12.2 Å². The van der Waals surface area contributed by atoms with Crippen LogP contribution in [0.25, 0.3) is 0 Å². The highest BCUT2D eigenvalue weighted by atomic mass is 32.2. The molecule has 0 aliphatic heterocycles. The number of carbonyl (C=O) groups is 1. The highest BCUT2D eigenvalue weighted by Crippen LogP contribution is 2.15. The van der Waals surface area contributed by atoms with E-state index in [1.807, 2.05) is 11.8 Å². The third-order valence-corrected chi connectivity index (χ3v) is 3.82. The number of amides is 1. The number of carbonyl (C=O) groups excluding carboxylic acids is 1. The molecule has 3 N–H and O–H groups in total. The minimum absolute atomic E-state index is 0.0672. The molecule has 0 unspecified atom stereocenters. The van der Waals surface area contributed by atoms with Crippen LogP contribution in [0.1, 0.15) is 36.8 Å². The molecule has 4 heteroatoms. The topological polar surface area (TPSA) is 55.1 Å². The Morgan fingerprint density at radius 2 is 2.17 bits per heavy atom. The van der Waals surface area contributed by atoms with Gasteiger partial charge in [-0.3, -0.25) is 10.2 Å². The van der Waals surface area contributed by atoms with E-state index in [1.165, 1.54) is 11.1 Å². The van der Waals surface area contributed by atoms with E-state index in [0.29, 0.717) is 6.42 Å². The van der Waals surface area contributed by atoms with Crippen LogP contribution in [-0.4, -0.2) is 11.7 Å². The number of aryl methyl sites for hydroxylation is 1. The number of rotatable bonds is 8. The number of hydrogen-bond donors (Lipinski definition) is 2. The van der Waals surface area contributed by atoms with Crippen LogP contribution >= 0.6 is 11.8 Å². The standard InChI is InChI=1S/C14H22N2OS/c1-12-6-5-7-13(10-12)11-18-9-4-2-3-8-14(17)16-15/h5-7,10H,2-4,8-9,11,15H2,1H3,(H,16,17). The first kappa shape index (κ1) is 15.1. The molecule has 1 aromatic carbocycles. The Bertz CT molecular complexity index is 369. The van der Waals surface area contributed by atoms with Gasteiger partial charge in [0.2, 0.25) is 5.91 Å². The fourth-order valence-electron chi connectivity index (χ4n) is 1.73. The van der Waals surface area contributed by atoms with Crippen LogP contribution in [0.3, 0.4) is 0 Å². The molecule has 0 heterocycles. The molecule has 3 nitrogen and oxygen atoms in total. The van der Waals surface area contributed by atoms with Gasteiger partial charge in [0.25, 0.3) is 0 Å². The summed E-state index contributed by atoms with van der Waals surface area (Å²) in [5, 5.41) is 0. The molecule has 0 spiro atoms. The molecule has 0 aromatic heterocycles. The van der Waals surface area contributed by atoms with Gasteiger partial charge in [-0.1, -0.05) is 36.2 Å². The summed E-state index contributed by atoms with van der Waals surface area (Å²) < 4.78 is 0. The van der Waals surface area contributed by atoms with Gasteiger partial charge >= 0.3 is 0 Å². The summed E-state index contributed by atoms with van der Waals surface area (Å²) in [5.74, 6) is 7.17. The highest BCUT2D eigenvalue weighted by Gasteiger charge is 1.98. The van der Waals surface area contributed by atoms with Crippen molar-refractivity contribution in [1.29, 1.82) is 0 Å². The number of hydrazine groups is 1. The van der Waals surface area contributed by atoms with Gasteiger partial charge in [-0.05, 0) is 31.1 Å². The van der Waals surface area contributed by atoms with E-state index >= 15 is 0 Å². The second-order valence-corrected chi connectivity index (χ2v) is 5.52. The van der Waals surface area contributed by atoms with Crippen LogP contribution in [0.2, 0.25) is 0 Å². The number of benzene rings is 1. The van der Waals surface area contributed by atoms with Gasteiger partial charge in [0.1, 0.15) is 0 Å². The number of thioether (sulfide) groups is 1. The second kappa shape index (κ2) is 9.00. The monoisotopic (exact) mass is 266 g/mol.